The van der Waals surface area contributed by atoms with Gasteiger partial charge in [0.05, 0.1) is 12.2 Å². The topological polar surface area (TPSA) is 70.4 Å². The molecule has 0 saturated carbocycles. The molecule has 1 amide bonds. The van der Waals surface area contributed by atoms with Crippen LogP contribution in [0.4, 0.5) is 5.88 Å². The highest BCUT2D eigenvalue weighted by molar-refractivity contribution is 6.31. The largest absolute Gasteiger partial charge is 0.338 e. The van der Waals surface area contributed by atoms with Crippen LogP contribution >= 0.6 is 11.6 Å². The van der Waals surface area contributed by atoms with Crippen LogP contribution in [0.1, 0.15) is 38.1 Å². The van der Waals surface area contributed by atoms with Gasteiger partial charge in [-0.15, -0.1) is 0 Å². The third-order valence-corrected chi connectivity index (χ3v) is 4.85. The van der Waals surface area contributed by atoms with Gasteiger partial charge in [0.2, 0.25) is 11.8 Å². The summed E-state index contributed by atoms with van der Waals surface area (Å²) in [4.78, 5) is 14.6. The van der Waals surface area contributed by atoms with Crippen LogP contribution in [0.3, 0.4) is 0 Å². The molecule has 1 aliphatic heterocycles. The van der Waals surface area contributed by atoms with Crippen molar-refractivity contribution >= 4 is 23.4 Å². The molecular formula is C19H25ClN4O2. The maximum atomic E-state index is 12.5. The van der Waals surface area contributed by atoms with Crippen molar-refractivity contribution in [2.24, 2.45) is 0 Å². The van der Waals surface area contributed by atoms with Crippen molar-refractivity contribution in [2.45, 2.75) is 32.2 Å². The molecule has 1 aromatic carbocycles. The van der Waals surface area contributed by atoms with E-state index in [2.05, 4.69) is 20.7 Å². The van der Waals surface area contributed by atoms with Gasteiger partial charge in [0, 0.05) is 42.2 Å². The van der Waals surface area contributed by atoms with Crippen molar-refractivity contribution in [3.05, 3.63) is 46.6 Å². The predicted octanol–water partition coefficient (Wildman–Crippen LogP) is 3.21. The van der Waals surface area contributed by atoms with E-state index in [0.29, 0.717) is 5.88 Å². The van der Waals surface area contributed by atoms with Crippen LogP contribution in [0, 0.1) is 0 Å². The van der Waals surface area contributed by atoms with E-state index in [1.165, 1.54) is 0 Å². The number of benzene rings is 1. The van der Waals surface area contributed by atoms with Crippen molar-refractivity contribution in [1.82, 2.24) is 15.4 Å². The van der Waals surface area contributed by atoms with Crippen LogP contribution in [0.5, 0.6) is 0 Å². The van der Waals surface area contributed by atoms with Gasteiger partial charge in [0.15, 0.2) is 0 Å². The zero-order chi connectivity index (χ0) is 18.7. The van der Waals surface area contributed by atoms with E-state index in [4.69, 9.17) is 16.1 Å². The van der Waals surface area contributed by atoms with Crippen LogP contribution in [-0.2, 0) is 10.2 Å². The zero-order valence-corrected chi connectivity index (χ0v) is 16.1. The number of amides is 1. The van der Waals surface area contributed by atoms with Crippen molar-refractivity contribution in [2.75, 3.05) is 31.5 Å². The number of nitrogens with one attached hydrogen (secondary N) is 2. The summed E-state index contributed by atoms with van der Waals surface area (Å²) in [6, 6.07) is 9.61. The van der Waals surface area contributed by atoms with Crippen LogP contribution < -0.4 is 10.6 Å². The third kappa shape index (κ3) is 4.44. The van der Waals surface area contributed by atoms with Gasteiger partial charge >= 0.3 is 0 Å². The molecule has 1 unspecified atom stereocenters. The van der Waals surface area contributed by atoms with Gasteiger partial charge in [0.1, 0.15) is 0 Å². The predicted molar refractivity (Wildman–Crippen MR) is 102 cm³/mol. The summed E-state index contributed by atoms with van der Waals surface area (Å²) in [7, 11) is 0. The molecule has 2 heterocycles. The molecule has 1 fully saturated rings. The highest BCUT2D eigenvalue weighted by Crippen LogP contribution is 2.28. The number of carbonyl (C=O) groups is 1. The third-order valence-electron chi connectivity index (χ3n) is 4.51. The Hall–Kier alpha value is -1.89. The molecular weight excluding hydrogens is 352 g/mol. The second-order valence-corrected chi connectivity index (χ2v) is 7.99. The summed E-state index contributed by atoms with van der Waals surface area (Å²) < 4.78 is 5.25. The summed E-state index contributed by atoms with van der Waals surface area (Å²) in [5.41, 5.74) is 1.72. The minimum absolute atomic E-state index is 0.0584. The van der Waals surface area contributed by atoms with Gasteiger partial charge in [-0.25, -0.2) is 0 Å². The van der Waals surface area contributed by atoms with E-state index in [0.717, 1.165) is 35.9 Å². The fourth-order valence-electron chi connectivity index (χ4n) is 3.04. The summed E-state index contributed by atoms with van der Waals surface area (Å²) in [5, 5.41) is 10.9. The van der Waals surface area contributed by atoms with E-state index in [1.54, 1.807) is 6.07 Å². The van der Waals surface area contributed by atoms with Crippen LogP contribution in [0.2, 0.25) is 5.02 Å². The quantitative estimate of drug-likeness (QED) is 0.857. The Kier molecular flexibility index (Phi) is 5.65. The Morgan fingerprint density at radius 3 is 2.88 bits per heavy atom. The van der Waals surface area contributed by atoms with Crippen LogP contribution in [0.25, 0.3) is 0 Å². The van der Waals surface area contributed by atoms with Gasteiger partial charge in [-0.3, -0.25) is 15.0 Å². The number of carbonyl (C=O) groups excluding carboxylic acids is 1. The van der Waals surface area contributed by atoms with Crippen molar-refractivity contribution < 1.29 is 9.32 Å². The molecule has 0 bridgehead atoms. The van der Waals surface area contributed by atoms with Crippen LogP contribution in [-0.4, -0.2) is 42.1 Å². The molecule has 3 rings (SSSR count). The fourth-order valence-corrected chi connectivity index (χ4v) is 3.30. The first-order valence-corrected chi connectivity index (χ1v) is 9.18. The molecule has 6 nitrogen and oxygen atoms in total. The molecule has 1 atom stereocenters. The fraction of sp³-hybridized carbons (Fsp3) is 0.474. The van der Waals surface area contributed by atoms with E-state index >= 15 is 0 Å². The molecule has 1 saturated heterocycles. The molecule has 1 aliphatic rings. The van der Waals surface area contributed by atoms with Gasteiger partial charge in [0.25, 0.3) is 0 Å². The monoisotopic (exact) mass is 376 g/mol. The Labute approximate surface area is 158 Å². The normalized spacial score (nSPS) is 18.7. The molecule has 2 aromatic rings. The van der Waals surface area contributed by atoms with Gasteiger partial charge in [-0.2, -0.15) is 0 Å². The first-order valence-electron chi connectivity index (χ1n) is 8.81. The van der Waals surface area contributed by atoms with E-state index < -0.39 is 0 Å². The molecule has 1 aromatic heterocycles. The maximum Gasteiger partial charge on any atom is 0.240 e. The average Bonchev–Trinajstić information content (AvgIpc) is 3.05. The lowest BCUT2D eigenvalue weighted by Gasteiger charge is -2.36. The first-order chi connectivity index (χ1) is 12.3. The second-order valence-electron chi connectivity index (χ2n) is 7.59. The SMILES string of the molecule is CC(C)(C)c1cc(NC(=O)CN2CCNCC2c2ccccc2Cl)on1. The highest BCUT2D eigenvalue weighted by Gasteiger charge is 2.27. The summed E-state index contributed by atoms with van der Waals surface area (Å²) >= 11 is 6.36. The highest BCUT2D eigenvalue weighted by atomic mass is 35.5. The number of anilines is 1. The number of nitrogens with zero attached hydrogens (tertiary/aromatic N) is 2. The lowest BCUT2D eigenvalue weighted by atomic mass is 9.92. The van der Waals surface area contributed by atoms with Crippen molar-refractivity contribution in [1.29, 1.82) is 0 Å². The summed E-state index contributed by atoms with van der Waals surface area (Å²) in [6.07, 6.45) is 0. The number of aromatic nitrogens is 1. The Morgan fingerprint density at radius 1 is 1.42 bits per heavy atom. The minimum Gasteiger partial charge on any atom is -0.338 e. The lowest BCUT2D eigenvalue weighted by molar-refractivity contribution is -0.118. The number of rotatable bonds is 4. The molecule has 26 heavy (non-hydrogen) atoms. The summed E-state index contributed by atoms with van der Waals surface area (Å²) in [5.74, 6) is 0.255. The summed E-state index contributed by atoms with van der Waals surface area (Å²) in [6.45, 7) is 8.77. The molecule has 0 radical (unpaired) electrons. The maximum absolute atomic E-state index is 12.5. The smallest absolute Gasteiger partial charge is 0.240 e. The van der Waals surface area contributed by atoms with E-state index in [-0.39, 0.29) is 23.9 Å². The van der Waals surface area contributed by atoms with Gasteiger partial charge in [-0.05, 0) is 11.6 Å². The minimum atomic E-state index is -0.125. The molecule has 0 spiro atoms. The van der Waals surface area contributed by atoms with Gasteiger partial charge in [-0.1, -0.05) is 55.7 Å². The van der Waals surface area contributed by atoms with Gasteiger partial charge < -0.3 is 9.84 Å². The number of hydrogen-bond donors (Lipinski definition) is 2. The number of piperazine rings is 1. The molecule has 7 heteroatoms. The molecule has 0 aliphatic carbocycles. The first kappa shape index (κ1) is 18.9. The zero-order valence-electron chi connectivity index (χ0n) is 15.4. The second kappa shape index (κ2) is 7.78. The Bertz CT molecular complexity index is 769. The number of hydrogen-bond acceptors (Lipinski definition) is 5. The van der Waals surface area contributed by atoms with Crippen molar-refractivity contribution in [3.8, 4) is 0 Å². The molecule has 2 N–H and O–H groups in total. The average molecular weight is 377 g/mol. The standard InChI is InChI=1S/C19H25ClN4O2/c1-19(2,3)16-10-18(26-23-16)22-17(25)12-24-9-8-21-11-15(24)13-6-4-5-7-14(13)20/h4-7,10,15,21H,8-9,11-12H2,1-3H3,(H,22,25). The van der Waals surface area contributed by atoms with Crippen LogP contribution in [0.15, 0.2) is 34.9 Å². The number of halogens is 1. The Balaban J connectivity index is 1.67. The van der Waals surface area contributed by atoms with E-state index in [1.807, 2.05) is 45.0 Å². The molecule has 140 valence electrons. The lowest BCUT2D eigenvalue weighted by Crippen LogP contribution is -2.48. The Morgan fingerprint density at radius 2 is 2.19 bits per heavy atom. The van der Waals surface area contributed by atoms with Crippen molar-refractivity contribution in [3.63, 3.8) is 0 Å². The van der Waals surface area contributed by atoms with E-state index in [9.17, 15) is 4.79 Å².